The molecule has 0 fully saturated rings. The summed E-state index contributed by atoms with van der Waals surface area (Å²) < 4.78 is 1.28. The molecule has 0 spiro atoms. The smallest absolute Gasteiger partial charge is 0.00489 e. The lowest BCUT2D eigenvalue weighted by Gasteiger charge is -1.97. The molecule has 0 aromatic carbocycles. The van der Waals surface area contributed by atoms with E-state index in [2.05, 4.69) is 22.6 Å². The Bertz CT molecular complexity index is 55.7. The fourth-order valence-corrected chi connectivity index (χ4v) is 3.47. The molecule has 0 aliphatic rings. The van der Waals surface area contributed by atoms with Gasteiger partial charge in [-0.05, 0) is 19.4 Å². The quantitative estimate of drug-likeness (QED) is 0.338. The molecule has 0 aliphatic heterocycles. The lowest BCUT2D eigenvalue weighted by molar-refractivity contribution is 0.946. The topological polar surface area (TPSA) is 26.0 Å². The summed E-state index contributed by atoms with van der Waals surface area (Å²) in [6, 6.07) is 0. The average molecular weight is 291 g/mol. The first-order chi connectivity index (χ1) is 4.91. The Morgan fingerprint density at radius 1 is 1.10 bits per heavy atom. The maximum atomic E-state index is 5.35. The van der Waals surface area contributed by atoms with E-state index in [0.29, 0.717) is 0 Å². The molecule has 2 N–H and O–H groups in total. The van der Waals surface area contributed by atoms with E-state index in [1.54, 1.807) is 0 Å². The van der Waals surface area contributed by atoms with Gasteiger partial charge in [0.05, 0.1) is 0 Å². The maximum absolute atomic E-state index is 5.35. The third-order valence-electron chi connectivity index (χ3n) is 0.876. The van der Waals surface area contributed by atoms with Gasteiger partial charge in [-0.25, -0.2) is 0 Å². The number of halogens is 1. The van der Waals surface area contributed by atoms with Gasteiger partial charge in [-0.2, -0.15) is 0 Å². The summed E-state index contributed by atoms with van der Waals surface area (Å²) in [7, 11) is 3.93. The van der Waals surface area contributed by atoms with Crippen LogP contribution < -0.4 is 5.73 Å². The highest BCUT2D eigenvalue weighted by molar-refractivity contribution is 14.1. The van der Waals surface area contributed by atoms with Crippen LogP contribution in [0.25, 0.3) is 0 Å². The van der Waals surface area contributed by atoms with Crippen LogP contribution in [0.1, 0.15) is 12.8 Å². The highest BCUT2D eigenvalue weighted by atomic mass is 127. The van der Waals surface area contributed by atoms with Gasteiger partial charge >= 0.3 is 0 Å². The second kappa shape index (κ2) is 10.4. The second-order valence-electron chi connectivity index (χ2n) is 1.83. The zero-order valence-electron chi connectivity index (χ0n) is 6.01. The minimum atomic E-state index is 0.833. The van der Waals surface area contributed by atoms with Gasteiger partial charge in [-0.3, -0.25) is 0 Å². The Kier molecular flexibility index (Phi) is 11.8. The van der Waals surface area contributed by atoms with Gasteiger partial charge in [0.15, 0.2) is 0 Å². The highest BCUT2D eigenvalue weighted by Crippen LogP contribution is 2.22. The van der Waals surface area contributed by atoms with Crippen LogP contribution in [0.15, 0.2) is 0 Å². The van der Waals surface area contributed by atoms with Crippen molar-refractivity contribution in [2.24, 2.45) is 5.73 Å². The van der Waals surface area contributed by atoms with Crippen molar-refractivity contribution in [2.45, 2.75) is 12.8 Å². The fourth-order valence-electron chi connectivity index (χ4n) is 0.374. The second-order valence-corrected chi connectivity index (χ2v) is 5.61. The molecule has 0 amide bonds. The molecule has 0 unspecified atom stereocenters. The Hall–Kier alpha value is 1.39. The maximum Gasteiger partial charge on any atom is 0.00489 e. The molecule has 62 valence electrons. The molecule has 0 atom stereocenters. The zero-order chi connectivity index (χ0) is 7.66. The van der Waals surface area contributed by atoms with Crippen LogP contribution >= 0.6 is 44.2 Å². The first-order valence-corrected chi connectivity index (χ1v) is 7.43. The van der Waals surface area contributed by atoms with Gasteiger partial charge in [-0.15, -0.1) is 0 Å². The highest BCUT2D eigenvalue weighted by Gasteiger charge is 1.88. The van der Waals surface area contributed by atoms with E-state index in [-0.39, 0.29) is 0 Å². The Morgan fingerprint density at radius 2 is 1.70 bits per heavy atom. The molecule has 0 aromatic heterocycles. The third kappa shape index (κ3) is 9.39. The van der Waals surface area contributed by atoms with Crippen molar-refractivity contribution in [3.63, 3.8) is 0 Å². The molecule has 10 heavy (non-hydrogen) atoms. The van der Waals surface area contributed by atoms with Crippen molar-refractivity contribution in [3.05, 3.63) is 0 Å². The van der Waals surface area contributed by atoms with Gasteiger partial charge in [0, 0.05) is 15.9 Å². The van der Waals surface area contributed by atoms with E-state index in [1.807, 2.05) is 21.6 Å². The van der Waals surface area contributed by atoms with Crippen LogP contribution in [-0.2, 0) is 0 Å². The first-order valence-electron chi connectivity index (χ1n) is 3.42. The van der Waals surface area contributed by atoms with Crippen molar-refractivity contribution in [2.75, 3.05) is 22.5 Å². The van der Waals surface area contributed by atoms with Crippen molar-refractivity contribution in [3.8, 4) is 0 Å². The van der Waals surface area contributed by atoms with E-state index >= 15 is 0 Å². The standard InChI is InChI=1S/C6H14INS2/c7-3-1-5-9-10-6-2-4-8/h1-6,8H2. The lowest BCUT2D eigenvalue weighted by atomic mass is 10.5. The number of hydrogen-bond acceptors (Lipinski definition) is 3. The first kappa shape index (κ1) is 11.4. The lowest BCUT2D eigenvalue weighted by Crippen LogP contribution is -1.98. The van der Waals surface area contributed by atoms with Crippen LogP contribution in [0.5, 0.6) is 0 Å². The number of nitrogens with two attached hydrogens (primary N) is 1. The van der Waals surface area contributed by atoms with Crippen molar-refractivity contribution in [1.82, 2.24) is 0 Å². The predicted molar refractivity (Wildman–Crippen MR) is 62.1 cm³/mol. The zero-order valence-corrected chi connectivity index (χ0v) is 9.80. The van der Waals surface area contributed by atoms with Gasteiger partial charge in [0.1, 0.15) is 0 Å². The predicted octanol–water partition coefficient (Wildman–Crippen LogP) is 2.54. The van der Waals surface area contributed by atoms with Crippen molar-refractivity contribution < 1.29 is 0 Å². The van der Waals surface area contributed by atoms with Crippen LogP contribution in [0, 0.1) is 0 Å². The summed E-state index contributed by atoms with van der Waals surface area (Å²) in [6.07, 6.45) is 2.49. The molecule has 0 radical (unpaired) electrons. The molecule has 0 saturated carbocycles. The molecule has 1 nitrogen and oxygen atoms in total. The number of rotatable bonds is 7. The summed E-state index contributed by atoms with van der Waals surface area (Å²) in [5.41, 5.74) is 5.35. The van der Waals surface area contributed by atoms with Crippen LogP contribution in [0.4, 0.5) is 0 Å². The average Bonchev–Trinajstić information content (AvgIpc) is 1.97. The van der Waals surface area contributed by atoms with Gasteiger partial charge in [0.2, 0.25) is 0 Å². The minimum absolute atomic E-state index is 0.833. The van der Waals surface area contributed by atoms with E-state index in [0.717, 1.165) is 13.0 Å². The van der Waals surface area contributed by atoms with Gasteiger partial charge < -0.3 is 5.73 Å². The summed E-state index contributed by atoms with van der Waals surface area (Å²) in [5.74, 6) is 2.50. The number of alkyl halides is 1. The van der Waals surface area contributed by atoms with E-state index in [9.17, 15) is 0 Å². The van der Waals surface area contributed by atoms with E-state index in [1.165, 1.54) is 22.4 Å². The molecule has 0 heterocycles. The van der Waals surface area contributed by atoms with Crippen LogP contribution in [0.3, 0.4) is 0 Å². The van der Waals surface area contributed by atoms with Crippen LogP contribution in [-0.4, -0.2) is 22.5 Å². The Morgan fingerprint density at radius 3 is 2.20 bits per heavy atom. The summed E-state index contributed by atoms with van der Waals surface area (Å²) in [5, 5.41) is 0. The van der Waals surface area contributed by atoms with Crippen molar-refractivity contribution in [1.29, 1.82) is 0 Å². The van der Waals surface area contributed by atoms with Crippen LogP contribution in [0.2, 0.25) is 0 Å². The Labute approximate surface area is 84.8 Å². The minimum Gasteiger partial charge on any atom is -0.330 e. The molecule has 0 aromatic rings. The number of hydrogen-bond donors (Lipinski definition) is 1. The fraction of sp³-hybridized carbons (Fsp3) is 1.00. The molecule has 4 heteroatoms. The van der Waals surface area contributed by atoms with Gasteiger partial charge in [0.25, 0.3) is 0 Å². The summed E-state index contributed by atoms with van der Waals surface area (Å²) >= 11 is 2.41. The third-order valence-corrected chi connectivity index (χ3v) is 4.22. The van der Waals surface area contributed by atoms with Crippen molar-refractivity contribution >= 4 is 44.2 Å². The largest absolute Gasteiger partial charge is 0.330 e. The summed E-state index contributed by atoms with van der Waals surface area (Å²) in [6.45, 7) is 0.833. The monoisotopic (exact) mass is 291 g/mol. The molecule has 0 saturated heterocycles. The van der Waals surface area contributed by atoms with Gasteiger partial charge in [-0.1, -0.05) is 44.2 Å². The van der Waals surface area contributed by atoms with E-state index < -0.39 is 0 Å². The molecule has 0 bridgehead atoms. The molecule has 0 aliphatic carbocycles. The molecule has 0 rings (SSSR count). The van der Waals surface area contributed by atoms with E-state index in [4.69, 9.17) is 5.73 Å². The molecular formula is C6H14INS2. The Balaban J connectivity index is 2.65. The summed E-state index contributed by atoms with van der Waals surface area (Å²) in [4.78, 5) is 0. The molecular weight excluding hydrogens is 277 g/mol. The SMILES string of the molecule is NCCCSSCCCI. The normalized spacial score (nSPS) is 10.2.